The van der Waals surface area contributed by atoms with E-state index in [2.05, 4.69) is 21.3 Å². The molecule has 0 spiro atoms. The van der Waals surface area contributed by atoms with Crippen LogP contribution in [0.5, 0.6) is 5.75 Å². The molecule has 1 saturated heterocycles. The number of carbonyl (C=O) groups is 5. The van der Waals surface area contributed by atoms with Crippen LogP contribution in [-0.4, -0.2) is 79.5 Å². The molecule has 0 bridgehead atoms. The van der Waals surface area contributed by atoms with Crippen LogP contribution in [0.3, 0.4) is 0 Å². The van der Waals surface area contributed by atoms with E-state index in [9.17, 15) is 36.9 Å². The van der Waals surface area contributed by atoms with E-state index in [4.69, 9.17) is 14.2 Å². The second-order valence-corrected chi connectivity index (χ2v) is 11.6. The first-order valence-corrected chi connectivity index (χ1v) is 15.7. The van der Waals surface area contributed by atoms with Crippen LogP contribution in [0.25, 0.3) is 0 Å². The molecule has 3 unspecified atom stereocenters. The van der Waals surface area contributed by atoms with E-state index in [1.165, 1.54) is 19.2 Å². The number of ether oxygens (including phenoxy) is 3. The van der Waals surface area contributed by atoms with Gasteiger partial charge in [-0.15, -0.1) is 0 Å². The Morgan fingerprint density at radius 2 is 1.41 bits per heavy atom. The molecule has 3 aromatic carbocycles. The summed E-state index contributed by atoms with van der Waals surface area (Å²) < 4.78 is 49.1. The molecule has 3 aromatic rings. The van der Waals surface area contributed by atoms with Gasteiger partial charge in [0, 0.05) is 0 Å². The minimum Gasteiger partial charge on any atom is -0.731 e. The molecule has 3 atom stereocenters. The van der Waals surface area contributed by atoms with Crippen molar-refractivity contribution in [2.45, 2.75) is 31.3 Å². The number of alkyl carbamates (subject to hydrolysis) is 2. The fourth-order valence-electron chi connectivity index (χ4n) is 4.37. The van der Waals surface area contributed by atoms with E-state index >= 15 is 0 Å². The molecule has 0 radical (unpaired) electrons. The summed E-state index contributed by atoms with van der Waals surface area (Å²) in [6.07, 6.45) is -1.92. The topological polar surface area (TPSA) is 222 Å². The Hall–Kier alpha value is -4.68. The van der Waals surface area contributed by atoms with Gasteiger partial charge in [0.05, 0.1) is 20.2 Å². The normalized spacial score (nSPS) is 14.9. The molecule has 16 nitrogen and oxygen atoms in total. The summed E-state index contributed by atoms with van der Waals surface area (Å²) in [5.74, 6) is -2.36. The molecule has 1 fully saturated rings. The molecular formula is C31H32N5NaO11S. The number of rotatable bonds is 14. The molecule has 18 heteroatoms. The van der Waals surface area contributed by atoms with Crippen molar-refractivity contribution in [2.75, 3.05) is 20.2 Å². The zero-order chi connectivity index (χ0) is 34.7. The fourth-order valence-corrected chi connectivity index (χ4v) is 5.05. The SMILES string of the molecule is COc1ccc(COC(=O)NCC(NC(=O)OCc2ccccc2)C(=O)NC(C(=O)NC2CN(S(=O)(=O)[O-])C2=O)c2ccccc2)cc1.[Na+]. The summed E-state index contributed by atoms with van der Waals surface area (Å²) in [6.45, 7) is -1.31. The molecule has 4 N–H and O–H groups in total. The van der Waals surface area contributed by atoms with Gasteiger partial charge in [-0.25, -0.2) is 22.3 Å². The van der Waals surface area contributed by atoms with Gasteiger partial charge in [0.15, 0.2) is 10.3 Å². The second-order valence-electron chi connectivity index (χ2n) is 10.3. The average molecular weight is 706 g/mol. The van der Waals surface area contributed by atoms with E-state index < -0.39 is 71.4 Å². The van der Waals surface area contributed by atoms with Crippen LogP contribution in [0.2, 0.25) is 0 Å². The molecule has 0 aromatic heterocycles. The summed E-state index contributed by atoms with van der Waals surface area (Å²) in [5, 5.41) is 9.57. The monoisotopic (exact) mass is 705 g/mol. The standard InChI is InChI=1S/C31H33N5O11S.Na/c1-45-23-14-12-21(13-15-23)19-46-30(40)32-16-24(34-31(41)47-18-20-8-4-2-5-9-20)27(37)35-26(22-10-6-3-7-11-22)28(38)33-25-17-36(29(25)39)48(42,43)44;/h2-15,24-26H,16-19H2,1H3,(H,32,40)(H,33,38)(H,34,41)(H,35,37)(H,42,43,44);/q;+1/p-1. The Labute approximate surface area is 304 Å². The maximum atomic E-state index is 13.5. The number of amides is 5. The van der Waals surface area contributed by atoms with E-state index in [-0.39, 0.29) is 52.6 Å². The molecule has 0 aliphatic carbocycles. The number of methoxy groups -OCH3 is 1. The molecule has 0 saturated carbocycles. The van der Waals surface area contributed by atoms with E-state index in [1.54, 1.807) is 72.8 Å². The molecule has 1 aliphatic rings. The Kier molecular flexibility index (Phi) is 14.4. The van der Waals surface area contributed by atoms with Crippen molar-refractivity contribution < 1.29 is 80.7 Å². The Balaban J connectivity index is 0.00000650. The van der Waals surface area contributed by atoms with E-state index in [0.29, 0.717) is 16.9 Å². The first kappa shape index (κ1) is 38.8. The molecule has 5 amide bonds. The van der Waals surface area contributed by atoms with Crippen molar-refractivity contribution in [3.05, 3.63) is 102 Å². The summed E-state index contributed by atoms with van der Waals surface area (Å²) in [4.78, 5) is 64.2. The Morgan fingerprint density at radius 3 is 1.98 bits per heavy atom. The van der Waals surface area contributed by atoms with Gasteiger partial charge >= 0.3 is 41.7 Å². The third kappa shape index (κ3) is 11.5. The zero-order valence-corrected chi connectivity index (χ0v) is 29.3. The molecule has 49 heavy (non-hydrogen) atoms. The van der Waals surface area contributed by atoms with Gasteiger partial charge < -0.3 is 40.0 Å². The molecule has 4 rings (SSSR count). The first-order valence-electron chi connectivity index (χ1n) is 14.4. The van der Waals surface area contributed by atoms with Gasteiger partial charge in [-0.3, -0.25) is 14.4 Å². The number of benzene rings is 3. The largest absolute Gasteiger partial charge is 1.00 e. The van der Waals surface area contributed by atoms with Gasteiger partial charge in [-0.2, -0.15) is 0 Å². The van der Waals surface area contributed by atoms with Crippen molar-refractivity contribution in [1.82, 2.24) is 25.6 Å². The maximum absolute atomic E-state index is 13.5. The van der Waals surface area contributed by atoms with Crippen molar-refractivity contribution in [1.29, 1.82) is 0 Å². The van der Waals surface area contributed by atoms with Gasteiger partial charge in [0.1, 0.15) is 37.1 Å². The number of nitrogens with zero attached hydrogens (tertiary/aromatic N) is 1. The maximum Gasteiger partial charge on any atom is 1.00 e. The second kappa shape index (κ2) is 18.2. The van der Waals surface area contributed by atoms with Gasteiger partial charge in [0.2, 0.25) is 11.8 Å². The predicted octanol–water partition coefficient (Wildman–Crippen LogP) is -2.13. The zero-order valence-electron chi connectivity index (χ0n) is 26.5. The summed E-state index contributed by atoms with van der Waals surface area (Å²) in [7, 11) is -3.53. The van der Waals surface area contributed by atoms with Crippen molar-refractivity contribution >= 4 is 40.2 Å². The van der Waals surface area contributed by atoms with Crippen LogP contribution >= 0.6 is 0 Å². The van der Waals surface area contributed by atoms with Gasteiger partial charge in [-0.1, -0.05) is 72.8 Å². The summed E-state index contributed by atoms with van der Waals surface area (Å²) in [6, 6.07) is 19.0. The van der Waals surface area contributed by atoms with Crippen LogP contribution in [0, 0.1) is 0 Å². The Morgan fingerprint density at radius 1 is 0.837 bits per heavy atom. The minimum absolute atomic E-state index is 0. The quantitative estimate of drug-likeness (QED) is 0.0806. The summed E-state index contributed by atoms with van der Waals surface area (Å²) >= 11 is 0. The third-order valence-electron chi connectivity index (χ3n) is 6.96. The molecule has 1 heterocycles. The number of β-lactam (4-membered cyclic amide) rings is 1. The molecule has 254 valence electrons. The molecular weight excluding hydrogens is 673 g/mol. The smallest absolute Gasteiger partial charge is 0.731 e. The number of nitrogens with one attached hydrogen (secondary N) is 4. The van der Waals surface area contributed by atoms with Crippen LogP contribution < -0.4 is 55.6 Å². The van der Waals surface area contributed by atoms with Crippen molar-refractivity contribution in [3.8, 4) is 5.75 Å². The average Bonchev–Trinajstić information content (AvgIpc) is 3.08. The minimum atomic E-state index is -5.05. The number of hydrogen-bond acceptors (Lipinski definition) is 11. The fraction of sp³-hybridized carbons (Fsp3) is 0.258. The van der Waals surface area contributed by atoms with Crippen LogP contribution in [0.1, 0.15) is 22.7 Å². The van der Waals surface area contributed by atoms with Gasteiger partial charge in [-0.05, 0) is 28.8 Å². The van der Waals surface area contributed by atoms with Crippen LogP contribution in [0.15, 0.2) is 84.9 Å². The molecule has 1 aliphatic heterocycles. The van der Waals surface area contributed by atoms with Gasteiger partial charge in [0.25, 0.3) is 5.91 Å². The summed E-state index contributed by atoms with van der Waals surface area (Å²) in [5.41, 5.74) is 1.59. The predicted molar refractivity (Wildman–Crippen MR) is 165 cm³/mol. The van der Waals surface area contributed by atoms with Crippen molar-refractivity contribution in [3.63, 3.8) is 0 Å². The van der Waals surface area contributed by atoms with E-state index in [1.807, 2.05) is 0 Å². The van der Waals surface area contributed by atoms with Crippen molar-refractivity contribution in [2.24, 2.45) is 0 Å². The Bertz CT molecular complexity index is 1710. The first-order chi connectivity index (χ1) is 22.9. The number of carbonyl (C=O) groups excluding carboxylic acids is 5. The number of hydrogen-bond donors (Lipinski definition) is 4. The van der Waals surface area contributed by atoms with Crippen LogP contribution in [-0.2, 0) is 47.4 Å². The third-order valence-corrected chi connectivity index (χ3v) is 7.83. The van der Waals surface area contributed by atoms with E-state index in [0.717, 1.165) is 0 Å². The van der Waals surface area contributed by atoms with Crippen LogP contribution in [0.4, 0.5) is 9.59 Å².